The zero-order valence-electron chi connectivity index (χ0n) is 12.2. The van der Waals surface area contributed by atoms with E-state index in [0.717, 1.165) is 12.8 Å². The van der Waals surface area contributed by atoms with Crippen molar-refractivity contribution < 1.29 is 13.2 Å². The van der Waals surface area contributed by atoms with Crippen LogP contribution in [0.3, 0.4) is 0 Å². The highest BCUT2D eigenvalue weighted by atomic mass is 32.2. The van der Waals surface area contributed by atoms with Gasteiger partial charge >= 0.3 is 0 Å². The number of sulfone groups is 1. The van der Waals surface area contributed by atoms with Crippen LogP contribution in [-0.4, -0.2) is 37.6 Å². The molecule has 0 aliphatic heterocycles. The Balaban J connectivity index is 2.23. The highest BCUT2D eigenvalue weighted by Gasteiger charge is 2.34. The van der Waals surface area contributed by atoms with E-state index in [2.05, 4.69) is 0 Å². The second-order valence-electron chi connectivity index (χ2n) is 5.81. The van der Waals surface area contributed by atoms with Crippen LogP contribution in [0.1, 0.15) is 42.6 Å². The van der Waals surface area contributed by atoms with Crippen LogP contribution in [-0.2, 0) is 15.6 Å². The lowest BCUT2D eigenvalue weighted by molar-refractivity contribution is 0.0690. The Morgan fingerprint density at radius 1 is 1.35 bits per heavy atom. The molecule has 1 aromatic carbocycles. The summed E-state index contributed by atoms with van der Waals surface area (Å²) < 4.78 is 22.7. The number of rotatable bonds is 5. The molecule has 1 saturated carbocycles. The van der Waals surface area contributed by atoms with Crippen LogP contribution in [0, 0.1) is 0 Å². The van der Waals surface area contributed by atoms with E-state index >= 15 is 0 Å². The first kappa shape index (κ1) is 15.0. The van der Waals surface area contributed by atoms with E-state index in [0.29, 0.717) is 17.2 Å². The van der Waals surface area contributed by atoms with Crippen molar-refractivity contribution >= 4 is 15.7 Å². The number of carbonyl (C=O) groups is 1. The smallest absolute Gasteiger partial charge is 0.254 e. The maximum Gasteiger partial charge on any atom is 0.254 e. The first-order chi connectivity index (χ1) is 9.28. The van der Waals surface area contributed by atoms with Gasteiger partial charge in [0, 0.05) is 23.9 Å². The van der Waals surface area contributed by atoms with Gasteiger partial charge in [0.15, 0.2) is 9.84 Å². The van der Waals surface area contributed by atoms with Gasteiger partial charge in [-0.15, -0.1) is 0 Å². The van der Waals surface area contributed by atoms with Crippen LogP contribution < -0.4 is 0 Å². The lowest BCUT2D eigenvalue weighted by Gasteiger charge is -2.27. The summed E-state index contributed by atoms with van der Waals surface area (Å²) in [6, 6.07) is 7.45. The van der Waals surface area contributed by atoms with Crippen LogP contribution in [0.4, 0.5) is 0 Å². The number of carbonyl (C=O) groups excluding carboxylic acids is 1. The summed E-state index contributed by atoms with van der Waals surface area (Å²) >= 11 is 0. The quantitative estimate of drug-likeness (QED) is 0.837. The molecule has 1 aliphatic rings. The normalized spacial score (nSPS) is 15.4. The maximum absolute atomic E-state index is 12.6. The second kappa shape index (κ2) is 5.56. The minimum atomic E-state index is -3.09. The molecule has 0 heterocycles. The van der Waals surface area contributed by atoms with Crippen LogP contribution in [0.15, 0.2) is 24.3 Å². The molecule has 0 N–H and O–H groups in total. The van der Waals surface area contributed by atoms with Gasteiger partial charge in [-0.25, -0.2) is 8.42 Å². The minimum Gasteiger partial charge on any atom is -0.333 e. The average Bonchev–Trinajstić information content (AvgIpc) is 3.11. The predicted octanol–water partition coefficient (Wildman–Crippen LogP) is 2.24. The average molecular weight is 295 g/mol. The fraction of sp³-hybridized carbons (Fsp3) is 0.533. The summed E-state index contributed by atoms with van der Waals surface area (Å²) in [5, 5.41) is 0. The fourth-order valence-corrected chi connectivity index (χ4v) is 3.21. The largest absolute Gasteiger partial charge is 0.333 e. The lowest BCUT2D eigenvalue weighted by Crippen LogP contribution is -2.38. The standard InChI is InChI=1S/C15H21NO3S/c1-11(2)16(14-7-8-14)15(17)13-6-4-5-12(9-13)10-20(3,18)19/h4-6,9,11,14H,7-8,10H2,1-3H3. The molecule has 5 heteroatoms. The maximum atomic E-state index is 12.6. The molecule has 0 bridgehead atoms. The topological polar surface area (TPSA) is 54.5 Å². The highest BCUT2D eigenvalue weighted by Crippen LogP contribution is 2.30. The van der Waals surface area contributed by atoms with Crippen molar-refractivity contribution in [1.82, 2.24) is 4.90 Å². The number of benzene rings is 1. The Kier molecular flexibility index (Phi) is 4.18. The van der Waals surface area contributed by atoms with E-state index in [1.54, 1.807) is 24.3 Å². The summed E-state index contributed by atoms with van der Waals surface area (Å²) in [5.41, 5.74) is 1.24. The zero-order chi connectivity index (χ0) is 14.9. The van der Waals surface area contributed by atoms with Crippen molar-refractivity contribution in [3.63, 3.8) is 0 Å². The molecule has 1 amide bonds. The van der Waals surface area contributed by atoms with Gasteiger partial charge in [-0.1, -0.05) is 12.1 Å². The Labute approximate surface area is 120 Å². The number of hydrogen-bond donors (Lipinski definition) is 0. The molecule has 1 aromatic rings. The molecule has 20 heavy (non-hydrogen) atoms. The lowest BCUT2D eigenvalue weighted by atomic mass is 10.1. The molecule has 0 radical (unpaired) electrons. The monoisotopic (exact) mass is 295 g/mol. The zero-order valence-corrected chi connectivity index (χ0v) is 13.0. The van der Waals surface area contributed by atoms with Crippen LogP contribution >= 0.6 is 0 Å². The summed E-state index contributed by atoms with van der Waals surface area (Å²) in [6.45, 7) is 4.02. The van der Waals surface area contributed by atoms with E-state index in [1.807, 2.05) is 18.7 Å². The first-order valence-electron chi connectivity index (χ1n) is 6.87. The SMILES string of the molecule is CC(C)N(C(=O)c1cccc(CS(C)(=O)=O)c1)C1CC1. The van der Waals surface area contributed by atoms with Gasteiger partial charge in [-0.2, -0.15) is 0 Å². The van der Waals surface area contributed by atoms with E-state index in [1.165, 1.54) is 6.26 Å². The van der Waals surface area contributed by atoms with Crippen molar-refractivity contribution in [2.24, 2.45) is 0 Å². The minimum absolute atomic E-state index is 0.00199. The van der Waals surface area contributed by atoms with Crippen LogP contribution in [0.5, 0.6) is 0 Å². The Morgan fingerprint density at radius 2 is 2.00 bits per heavy atom. The van der Waals surface area contributed by atoms with Crippen molar-refractivity contribution in [2.45, 2.75) is 44.5 Å². The van der Waals surface area contributed by atoms with Crippen LogP contribution in [0.2, 0.25) is 0 Å². The van der Waals surface area contributed by atoms with E-state index in [4.69, 9.17) is 0 Å². The van der Waals surface area contributed by atoms with Crippen molar-refractivity contribution in [2.75, 3.05) is 6.26 Å². The molecule has 110 valence electrons. The number of nitrogens with zero attached hydrogens (tertiary/aromatic N) is 1. The Morgan fingerprint density at radius 3 is 2.50 bits per heavy atom. The Bertz CT molecular complexity index is 601. The fourth-order valence-electron chi connectivity index (χ4n) is 2.42. The van der Waals surface area contributed by atoms with E-state index < -0.39 is 9.84 Å². The van der Waals surface area contributed by atoms with Gasteiger partial charge in [0.1, 0.15) is 0 Å². The Hall–Kier alpha value is -1.36. The molecule has 0 spiro atoms. The molecular formula is C15H21NO3S. The third-order valence-corrected chi connectivity index (χ3v) is 4.19. The second-order valence-corrected chi connectivity index (χ2v) is 7.95. The van der Waals surface area contributed by atoms with Crippen molar-refractivity contribution in [1.29, 1.82) is 0 Å². The van der Waals surface area contributed by atoms with Gasteiger partial charge in [-0.05, 0) is 44.4 Å². The molecule has 0 atom stereocenters. The van der Waals surface area contributed by atoms with E-state index in [-0.39, 0.29) is 17.7 Å². The van der Waals surface area contributed by atoms with Crippen molar-refractivity contribution in [3.8, 4) is 0 Å². The summed E-state index contributed by atoms with van der Waals surface area (Å²) in [4.78, 5) is 14.5. The molecule has 1 aliphatic carbocycles. The molecule has 1 fully saturated rings. The van der Waals surface area contributed by atoms with Gasteiger partial charge in [0.25, 0.3) is 5.91 Å². The third-order valence-electron chi connectivity index (χ3n) is 3.33. The third kappa shape index (κ3) is 3.82. The molecule has 0 unspecified atom stereocenters. The molecule has 0 saturated heterocycles. The van der Waals surface area contributed by atoms with Gasteiger partial charge < -0.3 is 4.90 Å². The van der Waals surface area contributed by atoms with E-state index in [9.17, 15) is 13.2 Å². The predicted molar refractivity (Wildman–Crippen MR) is 79.3 cm³/mol. The van der Waals surface area contributed by atoms with Gasteiger partial charge in [0.2, 0.25) is 0 Å². The summed E-state index contributed by atoms with van der Waals surface area (Å²) in [7, 11) is -3.09. The number of hydrogen-bond acceptors (Lipinski definition) is 3. The molecule has 4 nitrogen and oxygen atoms in total. The van der Waals surface area contributed by atoms with Crippen molar-refractivity contribution in [3.05, 3.63) is 35.4 Å². The molecular weight excluding hydrogens is 274 g/mol. The number of amides is 1. The van der Waals surface area contributed by atoms with Crippen LogP contribution in [0.25, 0.3) is 0 Å². The van der Waals surface area contributed by atoms with Gasteiger partial charge in [0.05, 0.1) is 5.75 Å². The van der Waals surface area contributed by atoms with Gasteiger partial charge in [-0.3, -0.25) is 4.79 Å². The first-order valence-corrected chi connectivity index (χ1v) is 8.93. The molecule has 0 aromatic heterocycles. The summed E-state index contributed by atoms with van der Waals surface area (Å²) in [6.07, 6.45) is 3.33. The summed E-state index contributed by atoms with van der Waals surface area (Å²) in [5.74, 6) is -0.0305. The molecule has 2 rings (SSSR count). The highest BCUT2D eigenvalue weighted by molar-refractivity contribution is 7.89.